The summed E-state index contributed by atoms with van der Waals surface area (Å²) in [6.45, 7) is 6.17. The fraction of sp³-hybridized carbons (Fsp3) is 0.500. The summed E-state index contributed by atoms with van der Waals surface area (Å²) in [5, 5.41) is 4.05. The van der Waals surface area contributed by atoms with Crippen LogP contribution in [0.5, 0.6) is 0 Å². The fourth-order valence-electron chi connectivity index (χ4n) is 4.33. The van der Waals surface area contributed by atoms with Gasteiger partial charge in [0.15, 0.2) is 0 Å². The maximum Gasteiger partial charge on any atom is 0.292 e. The van der Waals surface area contributed by atoms with Gasteiger partial charge in [-0.05, 0) is 43.2 Å². The van der Waals surface area contributed by atoms with Crippen LogP contribution in [-0.2, 0) is 6.42 Å². The van der Waals surface area contributed by atoms with E-state index >= 15 is 0 Å². The van der Waals surface area contributed by atoms with E-state index in [-0.39, 0.29) is 17.9 Å². The summed E-state index contributed by atoms with van der Waals surface area (Å²) in [5.41, 5.74) is 1.52. The molecule has 2 atom stereocenters. The first-order valence-corrected chi connectivity index (χ1v) is 10.1. The molecule has 148 valence electrons. The molecule has 0 N–H and O–H groups in total. The van der Waals surface area contributed by atoms with Gasteiger partial charge >= 0.3 is 0 Å². The first-order valence-electron chi connectivity index (χ1n) is 10.1. The van der Waals surface area contributed by atoms with Gasteiger partial charge in [0.25, 0.3) is 11.8 Å². The summed E-state index contributed by atoms with van der Waals surface area (Å²) < 4.78 is 5.35. The van der Waals surface area contributed by atoms with Crippen LogP contribution in [0.2, 0.25) is 0 Å². The molecular formula is C22H27N3O3. The van der Waals surface area contributed by atoms with Crippen molar-refractivity contribution >= 4 is 11.8 Å². The highest BCUT2D eigenvalue weighted by Gasteiger charge is 2.40. The number of aromatic nitrogens is 1. The predicted molar refractivity (Wildman–Crippen MR) is 105 cm³/mol. The van der Waals surface area contributed by atoms with Crippen molar-refractivity contribution in [1.29, 1.82) is 0 Å². The van der Waals surface area contributed by atoms with E-state index in [1.165, 1.54) is 0 Å². The van der Waals surface area contributed by atoms with Crippen LogP contribution in [0, 0.1) is 11.8 Å². The zero-order chi connectivity index (χ0) is 19.7. The Morgan fingerprint density at radius 3 is 2.64 bits per heavy atom. The molecule has 6 heteroatoms. The van der Waals surface area contributed by atoms with E-state index in [1.54, 1.807) is 6.07 Å². The van der Waals surface area contributed by atoms with Crippen LogP contribution in [-0.4, -0.2) is 52.4 Å². The molecular weight excluding hydrogens is 354 g/mol. The molecule has 1 aromatic heterocycles. The van der Waals surface area contributed by atoms with E-state index in [0.717, 1.165) is 25.0 Å². The first kappa shape index (κ1) is 18.7. The summed E-state index contributed by atoms with van der Waals surface area (Å²) in [7, 11) is 0. The standard InChI is InChI=1S/C22H27N3O3/c1-15(2)10-18-11-20(28-23-18)22(27)25-13-16-8-9-19(25)14-24(12-16)21(26)17-6-4-3-5-7-17/h3-7,11,15-16,19H,8-10,12-14H2,1-2H3/t16-,19+/m0/s1. The molecule has 1 aromatic carbocycles. The zero-order valence-electron chi connectivity index (χ0n) is 16.5. The van der Waals surface area contributed by atoms with Crippen molar-refractivity contribution < 1.29 is 14.1 Å². The van der Waals surface area contributed by atoms with Gasteiger partial charge in [-0.1, -0.05) is 37.2 Å². The summed E-state index contributed by atoms with van der Waals surface area (Å²) in [4.78, 5) is 29.8. The fourth-order valence-corrected chi connectivity index (χ4v) is 4.33. The van der Waals surface area contributed by atoms with E-state index in [9.17, 15) is 9.59 Å². The van der Waals surface area contributed by atoms with E-state index in [0.29, 0.717) is 42.8 Å². The predicted octanol–water partition coefficient (Wildman–Crippen LogP) is 3.25. The van der Waals surface area contributed by atoms with Crippen LogP contribution in [0.1, 0.15) is 53.3 Å². The van der Waals surface area contributed by atoms with E-state index in [1.807, 2.05) is 40.1 Å². The van der Waals surface area contributed by atoms with Crippen molar-refractivity contribution in [3.05, 3.63) is 53.4 Å². The quantitative estimate of drug-likeness (QED) is 0.815. The second-order valence-electron chi connectivity index (χ2n) is 8.41. The number of piperidine rings is 1. The Hall–Kier alpha value is -2.63. The highest BCUT2D eigenvalue weighted by Crippen LogP contribution is 2.30. The van der Waals surface area contributed by atoms with Gasteiger partial charge in [-0.25, -0.2) is 0 Å². The minimum atomic E-state index is -0.105. The highest BCUT2D eigenvalue weighted by molar-refractivity contribution is 5.95. The van der Waals surface area contributed by atoms with E-state index < -0.39 is 0 Å². The first-order chi connectivity index (χ1) is 13.5. The van der Waals surface area contributed by atoms with Gasteiger partial charge in [0, 0.05) is 37.3 Å². The summed E-state index contributed by atoms with van der Waals surface area (Å²) in [6, 6.07) is 11.2. The minimum absolute atomic E-state index is 0.0255. The SMILES string of the molecule is CC(C)Cc1cc(C(=O)N2C[C@H]3CC[C@@H]2CN(C(=O)c2ccccc2)C3)on1. The molecule has 3 aliphatic rings. The highest BCUT2D eigenvalue weighted by atomic mass is 16.5. The normalized spacial score (nSPS) is 21.8. The minimum Gasteiger partial charge on any atom is -0.351 e. The van der Waals surface area contributed by atoms with Gasteiger partial charge in [-0.3, -0.25) is 9.59 Å². The second-order valence-corrected chi connectivity index (χ2v) is 8.41. The molecule has 3 fully saturated rings. The molecule has 0 saturated carbocycles. The Labute approximate surface area is 165 Å². The number of hydrogen-bond donors (Lipinski definition) is 0. The van der Waals surface area contributed by atoms with Gasteiger partial charge in [-0.15, -0.1) is 0 Å². The molecule has 3 saturated heterocycles. The third kappa shape index (κ3) is 3.81. The number of nitrogens with zero attached hydrogens (tertiary/aromatic N) is 3. The summed E-state index contributed by atoms with van der Waals surface area (Å²) in [6.07, 6.45) is 2.76. The topological polar surface area (TPSA) is 66.7 Å². The van der Waals surface area contributed by atoms with Gasteiger partial charge < -0.3 is 14.3 Å². The number of hydrogen-bond acceptors (Lipinski definition) is 4. The lowest BCUT2D eigenvalue weighted by Gasteiger charge is -2.35. The Balaban J connectivity index is 1.49. The lowest BCUT2D eigenvalue weighted by Crippen LogP contribution is -2.47. The third-order valence-corrected chi connectivity index (χ3v) is 5.67. The average molecular weight is 381 g/mol. The Bertz CT molecular complexity index is 846. The largest absolute Gasteiger partial charge is 0.351 e. The van der Waals surface area contributed by atoms with Crippen LogP contribution < -0.4 is 0 Å². The van der Waals surface area contributed by atoms with Crippen LogP contribution in [0.15, 0.2) is 40.9 Å². The number of carbonyl (C=O) groups is 2. The molecule has 0 spiro atoms. The van der Waals surface area contributed by atoms with Crippen molar-refractivity contribution in [2.75, 3.05) is 19.6 Å². The molecule has 3 aliphatic heterocycles. The van der Waals surface area contributed by atoms with Crippen LogP contribution >= 0.6 is 0 Å². The summed E-state index contributed by atoms with van der Waals surface area (Å²) >= 11 is 0. The maximum absolute atomic E-state index is 13.1. The average Bonchev–Trinajstić information content (AvgIpc) is 2.95. The molecule has 4 heterocycles. The van der Waals surface area contributed by atoms with Crippen LogP contribution in [0.4, 0.5) is 0 Å². The molecule has 0 aliphatic carbocycles. The monoisotopic (exact) mass is 381 g/mol. The number of benzene rings is 1. The smallest absolute Gasteiger partial charge is 0.292 e. The number of fused-ring (bicyclic) bond motifs is 4. The molecule has 2 aromatic rings. The van der Waals surface area contributed by atoms with Crippen LogP contribution in [0.3, 0.4) is 0 Å². The lowest BCUT2D eigenvalue weighted by molar-refractivity contribution is 0.0535. The Kier molecular flexibility index (Phi) is 5.20. The number of rotatable bonds is 4. The lowest BCUT2D eigenvalue weighted by atomic mass is 9.94. The van der Waals surface area contributed by atoms with Crippen molar-refractivity contribution in [1.82, 2.24) is 15.0 Å². The van der Waals surface area contributed by atoms with Gasteiger partial charge in [0.1, 0.15) is 0 Å². The third-order valence-electron chi connectivity index (χ3n) is 5.67. The summed E-state index contributed by atoms with van der Waals surface area (Å²) in [5.74, 6) is 1.01. The van der Waals surface area contributed by atoms with E-state index in [4.69, 9.17) is 4.52 Å². The molecule has 5 rings (SSSR count). The molecule has 2 bridgehead atoms. The molecule has 2 amide bonds. The van der Waals surface area contributed by atoms with Gasteiger partial charge in [-0.2, -0.15) is 0 Å². The van der Waals surface area contributed by atoms with Gasteiger partial charge in [0.05, 0.1) is 5.69 Å². The van der Waals surface area contributed by atoms with Crippen molar-refractivity contribution in [2.24, 2.45) is 11.8 Å². The second kappa shape index (κ2) is 7.78. The molecule has 6 nitrogen and oxygen atoms in total. The maximum atomic E-state index is 13.1. The Morgan fingerprint density at radius 2 is 1.89 bits per heavy atom. The Morgan fingerprint density at radius 1 is 1.11 bits per heavy atom. The number of amides is 2. The van der Waals surface area contributed by atoms with Crippen LogP contribution in [0.25, 0.3) is 0 Å². The molecule has 28 heavy (non-hydrogen) atoms. The van der Waals surface area contributed by atoms with Crippen molar-refractivity contribution in [3.8, 4) is 0 Å². The molecule has 0 unspecified atom stereocenters. The van der Waals surface area contributed by atoms with E-state index in [2.05, 4.69) is 19.0 Å². The number of carbonyl (C=O) groups excluding carboxylic acids is 2. The van der Waals surface area contributed by atoms with Gasteiger partial charge in [0.2, 0.25) is 5.76 Å². The molecule has 0 radical (unpaired) electrons. The van der Waals surface area contributed by atoms with Crippen molar-refractivity contribution in [3.63, 3.8) is 0 Å². The van der Waals surface area contributed by atoms with Crippen molar-refractivity contribution in [2.45, 2.75) is 39.2 Å². The zero-order valence-corrected chi connectivity index (χ0v) is 16.5.